The minimum Gasteiger partial charge on any atom is -0.462 e. The maximum atomic E-state index is 13.9. The average Bonchev–Trinajstić information content (AvgIpc) is 3.82. The summed E-state index contributed by atoms with van der Waals surface area (Å²) in [5.41, 5.74) is -1.10. The van der Waals surface area contributed by atoms with Gasteiger partial charge in [0.25, 0.3) is 0 Å². The van der Waals surface area contributed by atoms with E-state index in [-0.39, 0.29) is 43.3 Å². The van der Waals surface area contributed by atoms with Crippen molar-refractivity contribution in [3.05, 3.63) is 0 Å². The lowest BCUT2D eigenvalue weighted by Gasteiger charge is -2.46. The first-order valence-electron chi connectivity index (χ1n) is 17.7. The second-order valence-electron chi connectivity index (χ2n) is 15.3. The lowest BCUT2D eigenvalue weighted by atomic mass is 9.76. The van der Waals surface area contributed by atoms with Crippen molar-refractivity contribution in [2.24, 2.45) is 29.6 Å². The Morgan fingerprint density at radius 3 is 2.02 bits per heavy atom. The first-order chi connectivity index (χ1) is 22.4. The second-order valence-corrected chi connectivity index (χ2v) is 15.3. The van der Waals surface area contributed by atoms with Gasteiger partial charge in [-0.2, -0.15) is 0 Å². The molecule has 4 rings (SSSR count). The standard InChI is InChI=1S/C35H61NO12/c1-16-14-35(15-43-35)32(40)19(4)27(37)18(3)22(7)46-33(41)21(6)31(47-26-13-25(42-11)28(38)23(8)45-26)20(5)30(16)48-34-29(39)24(36(9)10)12-17(2)44-34/h16-31,34,37-39H,12-15H2,1-11H3/t16-,17+,18-,19+,20+,21+,22+,23-,24-,25-,26+,27-,28-,29+,30-,31-,34-,35+/m0/s1. The number of rotatable bonds is 6. The van der Waals surface area contributed by atoms with Gasteiger partial charge in [0.05, 0.1) is 49.1 Å². The normalized spacial score (nSPS) is 49.9. The number of carbonyl (C=O) groups is 2. The highest BCUT2D eigenvalue weighted by Crippen LogP contribution is 2.43. The molecule has 3 N–H and O–H groups in total. The summed E-state index contributed by atoms with van der Waals surface area (Å²) in [5, 5.41) is 33.3. The second kappa shape index (κ2) is 16.0. The van der Waals surface area contributed by atoms with Gasteiger partial charge >= 0.3 is 5.97 Å². The Balaban J connectivity index is 1.75. The van der Waals surface area contributed by atoms with Crippen LogP contribution in [0.4, 0.5) is 0 Å². The zero-order valence-electron chi connectivity index (χ0n) is 30.6. The number of ketones is 1. The molecule has 0 aromatic rings. The van der Waals surface area contributed by atoms with Crippen LogP contribution in [0.3, 0.4) is 0 Å². The third-order valence-corrected chi connectivity index (χ3v) is 11.4. The molecule has 4 aliphatic heterocycles. The van der Waals surface area contributed by atoms with Gasteiger partial charge in [0.2, 0.25) is 0 Å². The number of hydrogen-bond acceptors (Lipinski definition) is 13. The fraction of sp³-hybridized carbons (Fsp3) is 0.943. The Morgan fingerprint density at radius 1 is 0.792 bits per heavy atom. The molecule has 0 saturated carbocycles. The van der Waals surface area contributed by atoms with E-state index in [1.54, 1.807) is 34.6 Å². The number of epoxide rings is 1. The van der Waals surface area contributed by atoms with E-state index in [1.165, 1.54) is 7.11 Å². The summed E-state index contributed by atoms with van der Waals surface area (Å²) in [6.45, 7) is 14.6. The van der Waals surface area contributed by atoms with Crippen molar-refractivity contribution < 1.29 is 58.1 Å². The molecule has 18 atom stereocenters. The van der Waals surface area contributed by atoms with Crippen LogP contribution in [0.1, 0.15) is 74.7 Å². The maximum Gasteiger partial charge on any atom is 0.311 e. The van der Waals surface area contributed by atoms with Gasteiger partial charge in [0.15, 0.2) is 24.0 Å². The number of hydrogen-bond donors (Lipinski definition) is 3. The van der Waals surface area contributed by atoms with E-state index in [2.05, 4.69) is 0 Å². The molecule has 0 unspecified atom stereocenters. The molecule has 4 aliphatic rings. The van der Waals surface area contributed by atoms with Crippen molar-refractivity contribution in [3.8, 4) is 0 Å². The molecule has 0 bridgehead atoms. The van der Waals surface area contributed by atoms with Gasteiger partial charge < -0.3 is 53.4 Å². The summed E-state index contributed by atoms with van der Waals surface area (Å²) in [6, 6.07) is -0.219. The summed E-state index contributed by atoms with van der Waals surface area (Å²) in [5.74, 6) is -3.74. The first kappa shape index (κ1) is 39.5. The van der Waals surface area contributed by atoms with E-state index in [0.717, 1.165) is 0 Å². The molecule has 0 aromatic carbocycles. The van der Waals surface area contributed by atoms with Gasteiger partial charge in [-0.05, 0) is 60.5 Å². The van der Waals surface area contributed by atoms with Crippen molar-refractivity contribution in [2.45, 2.75) is 154 Å². The lowest BCUT2D eigenvalue weighted by molar-refractivity contribution is -0.299. The Morgan fingerprint density at radius 2 is 1.44 bits per heavy atom. The topological polar surface area (TPSA) is 166 Å². The number of aliphatic hydroxyl groups excluding tert-OH is 3. The number of carbonyl (C=O) groups excluding carboxylic acids is 2. The molecule has 4 fully saturated rings. The van der Waals surface area contributed by atoms with E-state index in [4.69, 9.17) is 33.2 Å². The van der Waals surface area contributed by atoms with Crippen LogP contribution in [-0.2, 0) is 42.7 Å². The molecule has 4 saturated heterocycles. The number of Topliss-reactive ketones (excluding diaryl/α,β-unsaturated/α-hetero) is 1. The highest BCUT2D eigenvalue weighted by molar-refractivity contribution is 5.92. The molecular formula is C35H61NO12. The first-order valence-corrected chi connectivity index (χ1v) is 17.7. The van der Waals surface area contributed by atoms with Gasteiger partial charge in [-0.15, -0.1) is 0 Å². The minimum atomic E-state index is -1.10. The lowest BCUT2D eigenvalue weighted by Crippen LogP contribution is -2.57. The molecule has 48 heavy (non-hydrogen) atoms. The number of esters is 1. The predicted octanol–water partition coefficient (Wildman–Crippen LogP) is 1.91. The molecule has 0 radical (unpaired) electrons. The van der Waals surface area contributed by atoms with E-state index in [1.807, 2.05) is 39.8 Å². The zero-order chi connectivity index (χ0) is 35.8. The fourth-order valence-corrected chi connectivity index (χ4v) is 7.89. The van der Waals surface area contributed by atoms with E-state index in [9.17, 15) is 24.9 Å². The van der Waals surface area contributed by atoms with Crippen LogP contribution in [-0.4, -0.2) is 139 Å². The van der Waals surface area contributed by atoms with Gasteiger partial charge in [0, 0.05) is 37.3 Å². The molecule has 4 heterocycles. The van der Waals surface area contributed by atoms with Gasteiger partial charge in [-0.1, -0.05) is 27.7 Å². The summed E-state index contributed by atoms with van der Waals surface area (Å²) in [7, 11) is 5.32. The van der Waals surface area contributed by atoms with Crippen molar-refractivity contribution >= 4 is 11.8 Å². The summed E-state index contributed by atoms with van der Waals surface area (Å²) >= 11 is 0. The van der Waals surface area contributed by atoms with Crippen molar-refractivity contribution in [2.75, 3.05) is 27.8 Å². The van der Waals surface area contributed by atoms with Gasteiger partial charge in [0.1, 0.15) is 18.3 Å². The van der Waals surface area contributed by atoms with Gasteiger partial charge in [-0.3, -0.25) is 9.59 Å². The van der Waals surface area contributed by atoms with E-state index in [0.29, 0.717) is 6.42 Å². The number of cyclic esters (lactones) is 1. The van der Waals surface area contributed by atoms with Crippen LogP contribution < -0.4 is 0 Å². The Kier molecular flexibility index (Phi) is 13.1. The SMILES string of the molecule is CO[C@H]1C[C@@H](O[C@H]2[C@H](C)[C@@H](O[C@@H]3O[C@H](C)C[C@H](N(C)C)[C@H]3O)[C@@H](C)C[C@@]3(CO3)C(=O)[C@H](C)[C@@H](O)[C@@H](C)[C@@H](C)OC(=O)[C@@H]2C)O[C@@H](C)[C@@H]1O. The Labute approximate surface area is 285 Å². The summed E-state index contributed by atoms with van der Waals surface area (Å²) < 4.78 is 43.0. The highest BCUT2D eigenvalue weighted by Gasteiger charge is 2.57. The van der Waals surface area contributed by atoms with Crippen LogP contribution in [0, 0.1) is 29.6 Å². The number of methoxy groups -OCH3 is 1. The van der Waals surface area contributed by atoms with Crippen molar-refractivity contribution in [1.29, 1.82) is 0 Å². The van der Waals surface area contributed by atoms with E-state index < -0.39 is 96.7 Å². The number of nitrogens with zero attached hydrogens (tertiary/aromatic N) is 1. The van der Waals surface area contributed by atoms with Gasteiger partial charge in [-0.25, -0.2) is 0 Å². The summed E-state index contributed by atoms with van der Waals surface area (Å²) in [4.78, 5) is 29.7. The van der Waals surface area contributed by atoms with Crippen molar-refractivity contribution in [1.82, 2.24) is 4.90 Å². The Hall–Kier alpha value is -1.26. The molecule has 13 heteroatoms. The van der Waals surface area contributed by atoms with Crippen molar-refractivity contribution in [3.63, 3.8) is 0 Å². The van der Waals surface area contributed by atoms with Crippen LogP contribution in [0.15, 0.2) is 0 Å². The van der Waals surface area contributed by atoms with Crippen LogP contribution in [0.25, 0.3) is 0 Å². The highest BCUT2D eigenvalue weighted by atomic mass is 16.7. The van der Waals surface area contributed by atoms with Crippen LogP contribution in [0.5, 0.6) is 0 Å². The molecular weight excluding hydrogens is 626 g/mol. The molecule has 0 aromatic heterocycles. The Bertz CT molecular complexity index is 1090. The van der Waals surface area contributed by atoms with Crippen LogP contribution >= 0.6 is 0 Å². The molecule has 0 aliphatic carbocycles. The molecule has 278 valence electrons. The monoisotopic (exact) mass is 687 g/mol. The maximum absolute atomic E-state index is 13.9. The largest absolute Gasteiger partial charge is 0.462 e. The molecule has 1 spiro atoms. The third-order valence-electron chi connectivity index (χ3n) is 11.4. The van der Waals surface area contributed by atoms with Crippen LogP contribution in [0.2, 0.25) is 0 Å². The smallest absolute Gasteiger partial charge is 0.311 e. The minimum absolute atomic E-state index is 0.198. The molecule has 0 amide bonds. The molecule has 13 nitrogen and oxygen atoms in total. The predicted molar refractivity (Wildman–Crippen MR) is 174 cm³/mol. The van der Waals surface area contributed by atoms with E-state index >= 15 is 0 Å². The number of ether oxygens (including phenoxy) is 7. The fourth-order valence-electron chi connectivity index (χ4n) is 7.89. The third kappa shape index (κ3) is 8.43. The average molecular weight is 688 g/mol. The number of aliphatic hydroxyl groups is 3. The summed E-state index contributed by atoms with van der Waals surface area (Å²) in [6.07, 6.45) is -7.15. The zero-order valence-corrected chi connectivity index (χ0v) is 30.6. The number of likely N-dealkylation sites (N-methyl/N-ethyl adjacent to an activating group) is 1. The quantitative estimate of drug-likeness (QED) is 0.274.